The molecule has 144 valence electrons. The van der Waals surface area contributed by atoms with Crippen LogP contribution < -0.4 is 0 Å². The summed E-state index contributed by atoms with van der Waals surface area (Å²) in [7, 11) is 1.72. The quantitative estimate of drug-likeness (QED) is 0.735. The molecule has 1 atom stereocenters. The average Bonchev–Trinajstić information content (AvgIpc) is 2.55. The second-order valence-electron chi connectivity index (χ2n) is 7.62. The summed E-state index contributed by atoms with van der Waals surface area (Å²) in [5, 5.41) is 1.07. The highest BCUT2D eigenvalue weighted by Crippen LogP contribution is 2.25. The highest BCUT2D eigenvalue weighted by molar-refractivity contribution is 6.35. The van der Waals surface area contributed by atoms with Crippen LogP contribution in [0.2, 0.25) is 10.0 Å². The number of likely N-dealkylation sites (N-methyl/N-ethyl adjacent to an activating group) is 1. The summed E-state index contributed by atoms with van der Waals surface area (Å²) in [6, 6.07) is 4.70. The van der Waals surface area contributed by atoms with Crippen molar-refractivity contribution in [3.05, 3.63) is 33.8 Å². The monoisotopic (exact) mass is 400 g/mol. The van der Waals surface area contributed by atoms with Crippen molar-refractivity contribution in [3.63, 3.8) is 0 Å². The summed E-state index contributed by atoms with van der Waals surface area (Å²) in [4.78, 5) is 28.6. The number of carbonyl (C=O) groups excluding carboxylic acids is 2. The van der Waals surface area contributed by atoms with Crippen molar-refractivity contribution < 1.29 is 14.3 Å². The van der Waals surface area contributed by atoms with E-state index in [9.17, 15) is 9.59 Å². The fourth-order valence-electron chi connectivity index (χ4n) is 2.97. The van der Waals surface area contributed by atoms with Gasteiger partial charge in [-0.1, -0.05) is 29.3 Å². The second-order valence-corrected chi connectivity index (χ2v) is 8.46. The Morgan fingerprint density at radius 2 is 1.96 bits per heavy atom. The molecular formula is C19H26Cl2N2O3. The summed E-state index contributed by atoms with van der Waals surface area (Å²) in [6.45, 7) is 6.34. The molecule has 1 aromatic carbocycles. The number of carbonyl (C=O) groups is 2. The molecule has 0 radical (unpaired) electrons. The van der Waals surface area contributed by atoms with Gasteiger partial charge in [0.15, 0.2) is 0 Å². The largest absolute Gasteiger partial charge is 0.444 e. The third-order valence-electron chi connectivity index (χ3n) is 4.21. The minimum atomic E-state index is -0.592. The normalized spacial score (nSPS) is 17.8. The number of amides is 2. The van der Waals surface area contributed by atoms with Crippen LogP contribution in [0.25, 0.3) is 0 Å². The smallest absolute Gasteiger partial charge is 0.410 e. The van der Waals surface area contributed by atoms with Gasteiger partial charge in [0.2, 0.25) is 5.91 Å². The van der Waals surface area contributed by atoms with Crippen LogP contribution in [0.3, 0.4) is 0 Å². The Labute approximate surface area is 165 Å². The lowest BCUT2D eigenvalue weighted by Crippen LogP contribution is -2.53. The summed E-state index contributed by atoms with van der Waals surface area (Å²) in [6.07, 6.45) is 1.98. The maximum absolute atomic E-state index is 13.0. The van der Waals surface area contributed by atoms with Gasteiger partial charge < -0.3 is 9.64 Å². The number of hydrogen-bond donors (Lipinski definition) is 0. The zero-order chi connectivity index (χ0) is 19.5. The Morgan fingerprint density at radius 1 is 1.27 bits per heavy atom. The van der Waals surface area contributed by atoms with Crippen molar-refractivity contribution in [2.75, 3.05) is 13.6 Å². The standard InChI is InChI=1S/C19H26Cl2N2O3/c1-19(2,3)26-18(25)23-10-6-5-7-16(23)17(24)22(4)12-13-8-9-14(20)11-15(13)21/h8-9,11,16H,5-7,10,12H2,1-4H3/t16-/m1/s1. The molecular weight excluding hydrogens is 375 g/mol. The minimum absolute atomic E-state index is 0.110. The molecule has 2 amide bonds. The van der Waals surface area contributed by atoms with Gasteiger partial charge in [-0.15, -0.1) is 0 Å². The molecule has 1 aliphatic rings. The lowest BCUT2D eigenvalue weighted by atomic mass is 10.0. The summed E-state index contributed by atoms with van der Waals surface area (Å²) in [5.41, 5.74) is 0.219. The zero-order valence-corrected chi connectivity index (χ0v) is 17.2. The first kappa shape index (κ1) is 20.8. The number of rotatable bonds is 3. The van der Waals surface area contributed by atoms with Crippen LogP contribution in [0.1, 0.15) is 45.6 Å². The first-order chi connectivity index (χ1) is 12.1. The Kier molecular flexibility index (Phi) is 6.80. The van der Waals surface area contributed by atoms with E-state index in [2.05, 4.69) is 0 Å². The van der Waals surface area contributed by atoms with Crippen LogP contribution in [0.15, 0.2) is 18.2 Å². The van der Waals surface area contributed by atoms with Crippen molar-refractivity contribution in [2.45, 2.75) is 58.2 Å². The first-order valence-corrected chi connectivity index (χ1v) is 9.52. The van der Waals surface area contributed by atoms with Crippen molar-refractivity contribution >= 4 is 35.2 Å². The van der Waals surface area contributed by atoms with Crippen LogP contribution >= 0.6 is 23.2 Å². The Hall–Kier alpha value is -1.46. The highest BCUT2D eigenvalue weighted by Gasteiger charge is 2.36. The van der Waals surface area contributed by atoms with Crippen molar-refractivity contribution in [3.8, 4) is 0 Å². The van der Waals surface area contributed by atoms with Crippen molar-refractivity contribution in [1.29, 1.82) is 0 Å². The molecule has 0 N–H and O–H groups in total. The molecule has 1 aliphatic heterocycles. The van der Waals surface area contributed by atoms with Gasteiger partial charge in [-0.3, -0.25) is 9.69 Å². The molecule has 0 spiro atoms. The van der Waals surface area contributed by atoms with Crippen molar-refractivity contribution in [1.82, 2.24) is 9.80 Å². The van der Waals surface area contributed by atoms with Gasteiger partial charge in [0.1, 0.15) is 11.6 Å². The van der Waals surface area contributed by atoms with Gasteiger partial charge in [-0.25, -0.2) is 4.79 Å². The summed E-state index contributed by atoms with van der Waals surface area (Å²) < 4.78 is 5.47. The van der Waals surface area contributed by atoms with Crippen LogP contribution in [-0.4, -0.2) is 47.0 Å². The minimum Gasteiger partial charge on any atom is -0.444 e. The average molecular weight is 401 g/mol. The number of benzene rings is 1. The van der Waals surface area contributed by atoms with E-state index in [1.807, 2.05) is 20.8 Å². The van der Waals surface area contributed by atoms with Gasteiger partial charge in [0, 0.05) is 30.2 Å². The molecule has 7 heteroatoms. The predicted octanol–water partition coefficient (Wildman–Crippen LogP) is 4.74. The first-order valence-electron chi connectivity index (χ1n) is 8.77. The number of likely N-dealkylation sites (tertiary alicyclic amines) is 1. The second kappa shape index (κ2) is 8.49. The zero-order valence-electron chi connectivity index (χ0n) is 15.7. The van der Waals surface area contributed by atoms with E-state index in [-0.39, 0.29) is 5.91 Å². The maximum Gasteiger partial charge on any atom is 0.410 e. The number of hydrogen-bond acceptors (Lipinski definition) is 3. The lowest BCUT2D eigenvalue weighted by molar-refractivity contribution is -0.137. The van der Waals surface area contributed by atoms with E-state index in [0.29, 0.717) is 29.6 Å². The fourth-order valence-corrected chi connectivity index (χ4v) is 3.43. The van der Waals surface area contributed by atoms with Gasteiger partial charge in [0.25, 0.3) is 0 Å². The Morgan fingerprint density at radius 3 is 2.58 bits per heavy atom. The van der Waals surface area contributed by atoms with Crippen LogP contribution in [0.4, 0.5) is 4.79 Å². The molecule has 0 saturated carbocycles. The van der Waals surface area contributed by atoms with E-state index in [4.69, 9.17) is 27.9 Å². The number of halogens is 2. The topological polar surface area (TPSA) is 49.9 Å². The molecule has 0 unspecified atom stereocenters. The third kappa shape index (κ3) is 5.52. The van der Waals surface area contributed by atoms with Crippen molar-refractivity contribution in [2.24, 2.45) is 0 Å². The molecule has 1 heterocycles. The number of piperidine rings is 1. The molecule has 0 aromatic heterocycles. The highest BCUT2D eigenvalue weighted by atomic mass is 35.5. The Bertz CT molecular complexity index is 673. The van der Waals surface area contributed by atoms with E-state index in [1.165, 1.54) is 0 Å². The molecule has 5 nitrogen and oxygen atoms in total. The number of ether oxygens (including phenoxy) is 1. The summed E-state index contributed by atoms with van der Waals surface area (Å²) >= 11 is 12.1. The fraction of sp³-hybridized carbons (Fsp3) is 0.579. The van der Waals surface area contributed by atoms with Gasteiger partial charge in [-0.2, -0.15) is 0 Å². The van der Waals surface area contributed by atoms with Crippen LogP contribution in [0, 0.1) is 0 Å². The van der Waals surface area contributed by atoms with E-state index < -0.39 is 17.7 Å². The molecule has 1 fully saturated rings. The lowest BCUT2D eigenvalue weighted by Gasteiger charge is -2.37. The van der Waals surface area contributed by atoms with Gasteiger partial charge in [-0.05, 0) is 57.7 Å². The van der Waals surface area contributed by atoms with E-state index in [0.717, 1.165) is 18.4 Å². The SMILES string of the molecule is CN(Cc1ccc(Cl)cc1Cl)C(=O)[C@H]1CCCCN1C(=O)OC(C)(C)C. The van der Waals surface area contributed by atoms with Crippen LogP contribution in [0.5, 0.6) is 0 Å². The number of nitrogens with zero attached hydrogens (tertiary/aromatic N) is 2. The van der Waals surface area contributed by atoms with E-state index in [1.54, 1.807) is 35.0 Å². The molecule has 0 bridgehead atoms. The van der Waals surface area contributed by atoms with E-state index >= 15 is 0 Å². The molecule has 26 heavy (non-hydrogen) atoms. The Balaban J connectivity index is 2.10. The maximum atomic E-state index is 13.0. The summed E-state index contributed by atoms with van der Waals surface area (Å²) in [5.74, 6) is -0.110. The molecule has 1 saturated heterocycles. The third-order valence-corrected chi connectivity index (χ3v) is 4.80. The molecule has 1 aromatic rings. The van der Waals surface area contributed by atoms with Crippen LogP contribution in [-0.2, 0) is 16.1 Å². The molecule has 0 aliphatic carbocycles. The molecule has 2 rings (SSSR count). The van der Waals surface area contributed by atoms with Gasteiger partial charge >= 0.3 is 6.09 Å². The van der Waals surface area contributed by atoms with Gasteiger partial charge in [0.05, 0.1) is 0 Å². The predicted molar refractivity (Wildman–Crippen MR) is 104 cm³/mol.